The maximum atomic E-state index is 11.6. The normalized spacial score (nSPS) is 10.8. The van der Waals surface area contributed by atoms with Gasteiger partial charge in [-0.2, -0.15) is 5.26 Å². The summed E-state index contributed by atoms with van der Waals surface area (Å²) in [6.45, 7) is -0.442. The molecule has 3 N–H and O–H groups in total. The van der Waals surface area contributed by atoms with Gasteiger partial charge in [-0.3, -0.25) is 4.79 Å². The third-order valence-corrected chi connectivity index (χ3v) is 3.37. The molecule has 0 radical (unpaired) electrons. The SMILES string of the molecule is N#CCc1ccc(S(=O)(=O)NCC(N)=O)cc1. The summed E-state index contributed by atoms with van der Waals surface area (Å²) in [4.78, 5) is 10.5. The number of sulfonamides is 1. The zero-order chi connectivity index (χ0) is 12.9. The molecule has 0 saturated carbocycles. The summed E-state index contributed by atoms with van der Waals surface area (Å²) in [5, 5.41) is 8.46. The maximum Gasteiger partial charge on any atom is 0.241 e. The molecule has 0 aliphatic rings. The molecule has 0 bridgehead atoms. The number of hydrogen-bond acceptors (Lipinski definition) is 4. The smallest absolute Gasteiger partial charge is 0.241 e. The van der Waals surface area contributed by atoms with Crippen molar-refractivity contribution < 1.29 is 13.2 Å². The molecule has 1 amide bonds. The van der Waals surface area contributed by atoms with Crippen LogP contribution in [0.1, 0.15) is 5.56 Å². The lowest BCUT2D eigenvalue weighted by atomic mass is 10.2. The first kappa shape index (κ1) is 13.2. The fourth-order valence-electron chi connectivity index (χ4n) is 1.13. The number of hydrogen-bond donors (Lipinski definition) is 2. The third-order valence-electron chi connectivity index (χ3n) is 1.95. The molecule has 6 nitrogen and oxygen atoms in total. The van der Waals surface area contributed by atoms with Crippen LogP contribution in [0.3, 0.4) is 0 Å². The van der Waals surface area contributed by atoms with E-state index in [2.05, 4.69) is 4.72 Å². The van der Waals surface area contributed by atoms with Gasteiger partial charge in [0.2, 0.25) is 15.9 Å². The lowest BCUT2D eigenvalue weighted by Gasteiger charge is -2.05. The average molecular weight is 253 g/mol. The van der Waals surface area contributed by atoms with Crippen molar-refractivity contribution in [1.82, 2.24) is 4.72 Å². The largest absolute Gasteiger partial charge is 0.369 e. The molecule has 17 heavy (non-hydrogen) atoms. The molecule has 0 saturated heterocycles. The van der Waals surface area contributed by atoms with Crippen LogP contribution in [0, 0.1) is 11.3 Å². The van der Waals surface area contributed by atoms with E-state index in [0.29, 0.717) is 0 Å². The molecule has 0 atom stereocenters. The Morgan fingerprint density at radius 1 is 1.35 bits per heavy atom. The highest BCUT2D eigenvalue weighted by molar-refractivity contribution is 7.89. The van der Waals surface area contributed by atoms with Crippen LogP contribution >= 0.6 is 0 Å². The third kappa shape index (κ3) is 3.86. The molecule has 1 rings (SSSR count). The second-order valence-electron chi connectivity index (χ2n) is 3.27. The van der Waals surface area contributed by atoms with Crippen molar-refractivity contribution in [2.75, 3.05) is 6.54 Å². The molecule has 7 heteroatoms. The minimum absolute atomic E-state index is 0.0282. The van der Waals surface area contributed by atoms with Crippen molar-refractivity contribution in [2.45, 2.75) is 11.3 Å². The summed E-state index contributed by atoms with van der Waals surface area (Å²) in [5.41, 5.74) is 5.56. The van der Waals surface area contributed by atoms with Gasteiger partial charge in [0, 0.05) is 0 Å². The monoisotopic (exact) mass is 253 g/mol. The van der Waals surface area contributed by atoms with Gasteiger partial charge in [-0.25, -0.2) is 13.1 Å². The number of amides is 1. The number of nitrogens with zero attached hydrogens (tertiary/aromatic N) is 1. The first-order valence-electron chi connectivity index (χ1n) is 4.69. The van der Waals surface area contributed by atoms with Gasteiger partial charge in [-0.05, 0) is 17.7 Å². The highest BCUT2D eigenvalue weighted by atomic mass is 32.2. The van der Waals surface area contributed by atoms with Crippen molar-refractivity contribution >= 4 is 15.9 Å². The first-order chi connectivity index (χ1) is 7.95. The van der Waals surface area contributed by atoms with Crippen molar-refractivity contribution in [2.24, 2.45) is 5.73 Å². The number of carbonyl (C=O) groups excluding carboxylic acids is 1. The molecule has 0 unspecified atom stereocenters. The molecule has 0 spiro atoms. The average Bonchev–Trinajstić information content (AvgIpc) is 2.28. The van der Waals surface area contributed by atoms with Crippen LogP contribution in [0.4, 0.5) is 0 Å². The Balaban J connectivity index is 2.85. The van der Waals surface area contributed by atoms with Crippen molar-refractivity contribution in [3.63, 3.8) is 0 Å². The Morgan fingerprint density at radius 2 is 1.94 bits per heavy atom. The van der Waals surface area contributed by atoms with Gasteiger partial charge in [-0.15, -0.1) is 0 Å². The molecule has 1 aromatic carbocycles. The number of nitriles is 1. The maximum absolute atomic E-state index is 11.6. The lowest BCUT2D eigenvalue weighted by molar-refractivity contribution is -0.116. The molecule has 0 aromatic heterocycles. The summed E-state index contributed by atoms with van der Waals surface area (Å²) in [6, 6.07) is 7.79. The summed E-state index contributed by atoms with van der Waals surface area (Å²) < 4.78 is 25.3. The summed E-state index contributed by atoms with van der Waals surface area (Å²) >= 11 is 0. The predicted molar refractivity (Wildman–Crippen MR) is 60.1 cm³/mol. The van der Waals surface area contributed by atoms with E-state index < -0.39 is 22.5 Å². The van der Waals surface area contributed by atoms with Crippen LogP contribution < -0.4 is 10.5 Å². The van der Waals surface area contributed by atoms with Crippen LogP contribution in [0.25, 0.3) is 0 Å². The summed E-state index contributed by atoms with van der Waals surface area (Å²) in [7, 11) is -3.72. The molecule has 0 aliphatic heterocycles. The lowest BCUT2D eigenvalue weighted by Crippen LogP contribution is -2.33. The van der Waals surface area contributed by atoms with Crippen LogP contribution in [0.5, 0.6) is 0 Å². The fraction of sp³-hybridized carbons (Fsp3) is 0.200. The van der Waals surface area contributed by atoms with Gasteiger partial charge >= 0.3 is 0 Å². The van der Waals surface area contributed by atoms with E-state index in [9.17, 15) is 13.2 Å². The number of benzene rings is 1. The number of nitrogens with two attached hydrogens (primary N) is 1. The second-order valence-corrected chi connectivity index (χ2v) is 5.04. The van der Waals surface area contributed by atoms with Gasteiger partial charge in [0.15, 0.2) is 0 Å². The standard InChI is InChI=1S/C10H11N3O3S/c11-6-5-8-1-3-9(4-2-8)17(15,16)13-7-10(12)14/h1-4,13H,5,7H2,(H2,12,14). The number of nitrogens with one attached hydrogen (secondary N) is 1. The summed E-state index contributed by atoms with van der Waals surface area (Å²) in [6.07, 6.45) is 0.217. The Bertz CT molecular complexity index is 543. The minimum Gasteiger partial charge on any atom is -0.369 e. The van der Waals surface area contributed by atoms with Crippen molar-refractivity contribution in [3.05, 3.63) is 29.8 Å². The first-order valence-corrected chi connectivity index (χ1v) is 6.18. The van der Waals surface area contributed by atoms with Crippen molar-refractivity contribution in [1.29, 1.82) is 5.26 Å². The molecule has 0 aliphatic carbocycles. The van der Waals surface area contributed by atoms with Gasteiger partial charge in [0.25, 0.3) is 0 Å². The molecule has 0 fully saturated rings. The van der Waals surface area contributed by atoms with E-state index in [1.54, 1.807) is 12.1 Å². The van der Waals surface area contributed by atoms with Crippen LogP contribution in [-0.2, 0) is 21.2 Å². The molecule has 90 valence electrons. The van der Waals surface area contributed by atoms with E-state index in [1.807, 2.05) is 6.07 Å². The Kier molecular flexibility index (Phi) is 4.20. The molecule has 0 heterocycles. The highest BCUT2D eigenvalue weighted by Crippen LogP contribution is 2.10. The highest BCUT2D eigenvalue weighted by Gasteiger charge is 2.14. The van der Waals surface area contributed by atoms with E-state index in [0.717, 1.165) is 5.56 Å². The van der Waals surface area contributed by atoms with Crippen molar-refractivity contribution in [3.8, 4) is 6.07 Å². The Hall–Kier alpha value is -1.91. The van der Waals surface area contributed by atoms with E-state index in [1.165, 1.54) is 12.1 Å². The molecular formula is C10H11N3O3S. The topological polar surface area (TPSA) is 113 Å². The molecular weight excluding hydrogens is 242 g/mol. The number of carbonyl (C=O) groups is 1. The zero-order valence-electron chi connectivity index (χ0n) is 8.88. The fourth-order valence-corrected chi connectivity index (χ4v) is 2.12. The second kappa shape index (κ2) is 5.43. The summed E-state index contributed by atoms with van der Waals surface area (Å²) in [5.74, 6) is -0.755. The predicted octanol–water partition coefficient (Wildman–Crippen LogP) is -0.484. The van der Waals surface area contributed by atoms with Gasteiger partial charge in [-0.1, -0.05) is 12.1 Å². The quantitative estimate of drug-likeness (QED) is 0.737. The van der Waals surface area contributed by atoms with Crippen LogP contribution in [0.15, 0.2) is 29.2 Å². The Labute approximate surface area is 99.1 Å². The van der Waals surface area contributed by atoms with Gasteiger partial charge < -0.3 is 5.73 Å². The number of rotatable bonds is 5. The Morgan fingerprint density at radius 3 is 2.41 bits per heavy atom. The van der Waals surface area contributed by atoms with Crippen LogP contribution in [-0.4, -0.2) is 20.9 Å². The number of primary amides is 1. The molecule has 1 aromatic rings. The van der Waals surface area contributed by atoms with E-state index >= 15 is 0 Å². The van der Waals surface area contributed by atoms with Gasteiger partial charge in [0.1, 0.15) is 0 Å². The van der Waals surface area contributed by atoms with Gasteiger partial charge in [0.05, 0.1) is 23.9 Å². The van der Waals surface area contributed by atoms with E-state index in [-0.39, 0.29) is 11.3 Å². The minimum atomic E-state index is -3.72. The zero-order valence-corrected chi connectivity index (χ0v) is 9.70. The van der Waals surface area contributed by atoms with Crippen LogP contribution in [0.2, 0.25) is 0 Å². The van der Waals surface area contributed by atoms with E-state index in [4.69, 9.17) is 11.0 Å².